The van der Waals surface area contributed by atoms with Crippen LogP contribution in [0.3, 0.4) is 0 Å². The molecular weight excluding hydrogens is 346 g/mol. The largest absolute Gasteiger partial charge is 0.354 e. The van der Waals surface area contributed by atoms with Crippen LogP contribution in [-0.2, 0) is 22.6 Å². The topological polar surface area (TPSA) is 78.5 Å². The van der Waals surface area contributed by atoms with Crippen molar-refractivity contribution in [2.75, 3.05) is 19.3 Å². The molecule has 130 valence electrons. The highest BCUT2D eigenvalue weighted by Crippen LogP contribution is 2.31. The van der Waals surface area contributed by atoms with Crippen LogP contribution in [0.25, 0.3) is 0 Å². The van der Waals surface area contributed by atoms with E-state index in [0.717, 1.165) is 12.0 Å². The Kier molecular flexibility index (Phi) is 4.61. The maximum atomic E-state index is 12.7. The van der Waals surface area contributed by atoms with Gasteiger partial charge in [-0.2, -0.15) is 0 Å². The van der Waals surface area contributed by atoms with Gasteiger partial charge in [0.25, 0.3) is 5.91 Å². The Morgan fingerprint density at radius 3 is 2.83 bits per heavy atom. The van der Waals surface area contributed by atoms with Crippen LogP contribution in [0.2, 0.25) is 0 Å². The summed E-state index contributed by atoms with van der Waals surface area (Å²) < 4.78 is -0.485. The van der Waals surface area contributed by atoms with Crippen molar-refractivity contribution in [3.63, 3.8) is 0 Å². The summed E-state index contributed by atoms with van der Waals surface area (Å²) in [7, 11) is 1.61. The summed E-state index contributed by atoms with van der Waals surface area (Å²) in [5.74, 6) is 0.371. The summed E-state index contributed by atoms with van der Waals surface area (Å²) in [6, 6.07) is 1.41. The minimum absolute atomic E-state index is 0.0373. The summed E-state index contributed by atoms with van der Waals surface area (Å²) in [6.45, 7) is 4.86. The summed E-state index contributed by atoms with van der Waals surface area (Å²) in [6.07, 6.45) is 0.752. The fraction of sp³-hybridized carbons (Fsp3) is 0.562. The van der Waals surface area contributed by atoms with Gasteiger partial charge in [-0.05, 0) is 31.9 Å². The molecule has 0 radical (unpaired) electrons. The smallest absolute Gasteiger partial charge is 0.261 e. The van der Waals surface area contributed by atoms with Crippen molar-refractivity contribution in [2.45, 2.75) is 37.6 Å². The molecule has 0 bridgehead atoms. The SMILES string of the molecule is CNC(=O)c1cc2c(s1)CCN(C(=O)C1CSC(C)(C)C(=O)N1)C2. The lowest BCUT2D eigenvalue weighted by Gasteiger charge is -2.36. The highest BCUT2D eigenvalue weighted by atomic mass is 32.2. The van der Waals surface area contributed by atoms with Crippen molar-refractivity contribution in [3.8, 4) is 0 Å². The van der Waals surface area contributed by atoms with Crippen LogP contribution >= 0.6 is 23.1 Å². The molecular formula is C16H21N3O3S2. The Morgan fingerprint density at radius 2 is 2.17 bits per heavy atom. The number of carbonyl (C=O) groups is 3. The van der Waals surface area contributed by atoms with Crippen molar-refractivity contribution < 1.29 is 14.4 Å². The minimum atomic E-state index is -0.485. The van der Waals surface area contributed by atoms with Crippen LogP contribution in [-0.4, -0.2) is 52.8 Å². The van der Waals surface area contributed by atoms with E-state index in [2.05, 4.69) is 10.6 Å². The molecule has 2 N–H and O–H groups in total. The Labute approximate surface area is 149 Å². The zero-order valence-corrected chi connectivity index (χ0v) is 15.6. The monoisotopic (exact) mass is 367 g/mol. The number of nitrogens with zero attached hydrogens (tertiary/aromatic N) is 1. The number of carbonyl (C=O) groups excluding carboxylic acids is 3. The number of fused-ring (bicyclic) bond motifs is 1. The second kappa shape index (κ2) is 6.40. The van der Waals surface area contributed by atoms with Gasteiger partial charge < -0.3 is 15.5 Å². The number of thiophene rings is 1. The van der Waals surface area contributed by atoms with Crippen molar-refractivity contribution in [1.82, 2.24) is 15.5 Å². The van der Waals surface area contributed by atoms with Gasteiger partial charge in [-0.1, -0.05) is 0 Å². The molecule has 1 aromatic heterocycles. The van der Waals surface area contributed by atoms with Gasteiger partial charge in [-0.15, -0.1) is 23.1 Å². The first-order valence-corrected chi connectivity index (χ1v) is 9.69. The molecule has 0 spiro atoms. The lowest BCUT2D eigenvalue weighted by molar-refractivity contribution is -0.137. The molecule has 24 heavy (non-hydrogen) atoms. The van der Waals surface area contributed by atoms with Crippen LogP contribution in [0.15, 0.2) is 6.07 Å². The molecule has 2 aliphatic rings. The van der Waals surface area contributed by atoms with E-state index < -0.39 is 10.8 Å². The van der Waals surface area contributed by atoms with Crippen LogP contribution in [0.4, 0.5) is 0 Å². The fourth-order valence-electron chi connectivity index (χ4n) is 2.84. The van der Waals surface area contributed by atoms with E-state index in [4.69, 9.17) is 0 Å². The molecule has 8 heteroatoms. The Morgan fingerprint density at radius 1 is 1.42 bits per heavy atom. The van der Waals surface area contributed by atoms with Crippen molar-refractivity contribution in [3.05, 3.63) is 21.4 Å². The normalized spacial score (nSPS) is 22.5. The molecule has 1 aromatic rings. The van der Waals surface area contributed by atoms with Crippen molar-refractivity contribution >= 4 is 40.8 Å². The molecule has 0 aliphatic carbocycles. The van der Waals surface area contributed by atoms with Gasteiger partial charge in [0.05, 0.1) is 9.62 Å². The first kappa shape index (κ1) is 17.3. The zero-order chi connectivity index (χ0) is 17.5. The van der Waals surface area contributed by atoms with E-state index in [9.17, 15) is 14.4 Å². The number of rotatable bonds is 2. The number of hydrogen-bond acceptors (Lipinski definition) is 5. The molecule has 6 nitrogen and oxygen atoms in total. The zero-order valence-electron chi connectivity index (χ0n) is 14.0. The standard InChI is InChI=1S/C16H21N3O3S2/c1-16(2)15(22)18-10(8-23-16)14(21)19-5-4-11-9(7-19)6-12(24-11)13(20)17-3/h6,10H,4-5,7-8H2,1-3H3,(H,17,20)(H,18,22). The van der Waals surface area contributed by atoms with E-state index in [-0.39, 0.29) is 17.7 Å². The van der Waals surface area contributed by atoms with Crippen LogP contribution in [0.5, 0.6) is 0 Å². The molecule has 3 heterocycles. The highest BCUT2D eigenvalue weighted by Gasteiger charge is 2.39. The van der Waals surface area contributed by atoms with Gasteiger partial charge in [0.1, 0.15) is 6.04 Å². The van der Waals surface area contributed by atoms with Gasteiger partial charge in [0, 0.05) is 30.8 Å². The maximum Gasteiger partial charge on any atom is 0.261 e. The van der Waals surface area contributed by atoms with Crippen molar-refractivity contribution in [2.24, 2.45) is 0 Å². The van der Waals surface area contributed by atoms with Gasteiger partial charge in [0.15, 0.2) is 0 Å². The molecule has 1 unspecified atom stereocenters. The third kappa shape index (κ3) is 3.17. The lowest BCUT2D eigenvalue weighted by atomic mass is 10.1. The van der Waals surface area contributed by atoms with E-state index in [0.29, 0.717) is 23.7 Å². The van der Waals surface area contributed by atoms with E-state index in [1.54, 1.807) is 11.9 Å². The molecule has 1 saturated heterocycles. The summed E-state index contributed by atoms with van der Waals surface area (Å²) >= 11 is 3.01. The van der Waals surface area contributed by atoms with Crippen LogP contribution in [0.1, 0.15) is 34.0 Å². The quantitative estimate of drug-likeness (QED) is 0.818. The summed E-state index contributed by atoms with van der Waals surface area (Å²) in [5.41, 5.74) is 1.04. The van der Waals surface area contributed by atoms with Gasteiger partial charge in [0.2, 0.25) is 11.8 Å². The number of nitrogens with one attached hydrogen (secondary N) is 2. The highest BCUT2D eigenvalue weighted by molar-refractivity contribution is 8.01. The average Bonchev–Trinajstić information content (AvgIpc) is 2.99. The second-order valence-corrected chi connectivity index (χ2v) is 9.27. The Balaban J connectivity index is 1.69. The first-order chi connectivity index (χ1) is 11.3. The third-order valence-electron chi connectivity index (χ3n) is 4.39. The van der Waals surface area contributed by atoms with Crippen molar-refractivity contribution in [1.29, 1.82) is 0 Å². The molecule has 3 rings (SSSR count). The fourth-order valence-corrected chi connectivity index (χ4v) is 4.95. The van der Waals surface area contributed by atoms with Crippen LogP contribution < -0.4 is 10.6 Å². The minimum Gasteiger partial charge on any atom is -0.354 e. The predicted octanol–water partition coefficient (Wildman–Crippen LogP) is 1.00. The Bertz CT molecular complexity index is 699. The van der Waals surface area contributed by atoms with E-state index in [1.807, 2.05) is 19.9 Å². The summed E-state index contributed by atoms with van der Waals surface area (Å²) in [5, 5.41) is 5.48. The molecule has 2 aliphatic heterocycles. The van der Waals surface area contributed by atoms with Crippen LogP contribution in [0, 0.1) is 0 Å². The number of amides is 3. The van der Waals surface area contributed by atoms with Gasteiger partial charge >= 0.3 is 0 Å². The third-order valence-corrected chi connectivity index (χ3v) is 7.03. The molecule has 1 fully saturated rings. The molecule has 3 amide bonds. The van der Waals surface area contributed by atoms with E-state index in [1.165, 1.54) is 28.0 Å². The predicted molar refractivity (Wildman–Crippen MR) is 95.3 cm³/mol. The summed E-state index contributed by atoms with van der Waals surface area (Å²) in [4.78, 5) is 40.2. The molecule has 0 aromatic carbocycles. The number of hydrogen-bond donors (Lipinski definition) is 2. The number of thioether (sulfide) groups is 1. The first-order valence-electron chi connectivity index (χ1n) is 7.89. The lowest BCUT2D eigenvalue weighted by Crippen LogP contribution is -2.58. The molecule has 1 atom stereocenters. The van der Waals surface area contributed by atoms with Gasteiger partial charge in [-0.25, -0.2) is 0 Å². The molecule has 0 saturated carbocycles. The van der Waals surface area contributed by atoms with E-state index >= 15 is 0 Å². The Hall–Kier alpha value is -1.54. The second-order valence-electron chi connectivity index (χ2n) is 6.50. The maximum absolute atomic E-state index is 12.7. The average molecular weight is 367 g/mol. The van der Waals surface area contributed by atoms with Gasteiger partial charge in [-0.3, -0.25) is 14.4 Å².